The molecule has 0 heterocycles. The summed E-state index contributed by atoms with van der Waals surface area (Å²) in [6.45, 7) is -0.104. The summed E-state index contributed by atoms with van der Waals surface area (Å²) in [6.07, 6.45) is 0.822. The minimum absolute atomic E-state index is 0.104. The number of sulfone groups is 1. The van der Waals surface area contributed by atoms with Crippen molar-refractivity contribution in [1.82, 2.24) is 4.31 Å². The zero-order chi connectivity index (χ0) is 16.3. The molecule has 1 aromatic carbocycles. The lowest BCUT2D eigenvalue weighted by Gasteiger charge is -2.18. The van der Waals surface area contributed by atoms with E-state index in [0.29, 0.717) is 0 Å². The monoisotopic (exact) mass is 335 g/mol. The lowest BCUT2D eigenvalue weighted by atomic mass is 10.4. The van der Waals surface area contributed by atoms with Crippen LogP contribution >= 0.6 is 0 Å². The number of methoxy groups -OCH3 is 1. The Kier molecular flexibility index (Phi) is 5.48. The molecule has 0 saturated heterocycles. The molecule has 118 valence electrons. The first-order chi connectivity index (χ1) is 9.60. The molecule has 0 amide bonds. The molecular weight excluding hydrogens is 318 g/mol. The molecule has 0 aromatic heterocycles. The predicted molar refractivity (Wildman–Crippen MR) is 76.0 cm³/mol. The van der Waals surface area contributed by atoms with Crippen molar-refractivity contribution < 1.29 is 26.4 Å². The minimum Gasteiger partial charge on any atom is -0.469 e. The van der Waals surface area contributed by atoms with Crippen LogP contribution in [0, 0.1) is 0 Å². The average Bonchev–Trinajstić information content (AvgIpc) is 2.43. The average molecular weight is 335 g/mol. The van der Waals surface area contributed by atoms with E-state index in [-0.39, 0.29) is 22.8 Å². The molecule has 9 heteroatoms. The Labute approximate surface area is 124 Å². The smallest absolute Gasteiger partial charge is 0.306 e. The molecule has 7 nitrogen and oxygen atoms in total. The van der Waals surface area contributed by atoms with Crippen LogP contribution in [0.25, 0.3) is 0 Å². The van der Waals surface area contributed by atoms with Gasteiger partial charge in [0.1, 0.15) is 4.90 Å². The van der Waals surface area contributed by atoms with Gasteiger partial charge in [0.15, 0.2) is 9.84 Å². The van der Waals surface area contributed by atoms with E-state index in [4.69, 9.17) is 0 Å². The van der Waals surface area contributed by atoms with Gasteiger partial charge in [0.2, 0.25) is 10.0 Å². The highest BCUT2D eigenvalue weighted by Gasteiger charge is 2.27. The largest absolute Gasteiger partial charge is 0.469 e. The molecule has 0 aliphatic heterocycles. The summed E-state index contributed by atoms with van der Waals surface area (Å²) in [7, 11) is -5.21. The molecule has 0 bridgehead atoms. The summed E-state index contributed by atoms with van der Waals surface area (Å²) in [5.74, 6) is -0.548. The Morgan fingerprint density at radius 3 is 2.14 bits per heavy atom. The van der Waals surface area contributed by atoms with Crippen LogP contribution in [0.3, 0.4) is 0 Å². The van der Waals surface area contributed by atoms with E-state index in [1.165, 1.54) is 38.4 Å². The normalized spacial score (nSPS) is 12.4. The van der Waals surface area contributed by atoms with Crippen molar-refractivity contribution in [3.05, 3.63) is 24.3 Å². The lowest BCUT2D eigenvalue weighted by Crippen LogP contribution is -2.30. The van der Waals surface area contributed by atoms with E-state index in [0.717, 1.165) is 10.6 Å². The molecule has 1 rings (SSSR count). The summed E-state index contributed by atoms with van der Waals surface area (Å²) in [4.78, 5) is 10.5. The van der Waals surface area contributed by atoms with Gasteiger partial charge in [0, 0.05) is 19.8 Å². The standard InChI is InChI=1S/C12H17NO6S2/c1-13(9-8-12(14)19-2)21(17,18)11-7-5-4-6-10(11)20(3,15)16/h4-7H,8-9H2,1-3H3. The maximum atomic E-state index is 12.4. The zero-order valence-electron chi connectivity index (χ0n) is 11.9. The van der Waals surface area contributed by atoms with Gasteiger partial charge in [0.05, 0.1) is 18.4 Å². The quantitative estimate of drug-likeness (QED) is 0.692. The van der Waals surface area contributed by atoms with Crippen molar-refractivity contribution in [2.24, 2.45) is 0 Å². The van der Waals surface area contributed by atoms with Gasteiger partial charge >= 0.3 is 5.97 Å². The number of carbonyl (C=O) groups is 1. The van der Waals surface area contributed by atoms with Gasteiger partial charge in [-0.3, -0.25) is 4.79 Å². The highest BCUT2D eigenvalue weighted by atomic mass is 32.2. The van der Waals surface area contributed by atoms with Crippen LogP contribution in [0.4, 0.5) is 0 Å². The fourth-order valence-electron chi connectivity index (χ4n) is 1.61. The Morgan fingerprint density at radius 2 is 1.67 bits per heavy atom. The fraction of sp³-hybridized carbons (Fsp3) is 0.417. The van der Waals surface area contributed by atoms with Gasteiger partial charge in [-0.05, 0) is 12.1 Å². The number of ether oxygens (including phenoxy) is 1. The van der Waals surface area contributed by atoms with Crippen LogP contribution < -0.4 is 0 Å². The first-order valence-corrected chi connectivity index (χ1v) is 9.26. The third-order valence-corrected chi connectivity index (χ3v) is 5.99. The SMILES string of the molecule is COC(=O)CCN(C)S(=O)(=O)c1ccccc1S(C)(=O)=O. The number of esters is 1. The highest BCUT2D eigenvalue weighted by Crippen LogP contribution is 2.23. The number of nitrogens with zero attached hydrogens (tertiary/aromatic N) is 1. The Balaban J connectivity index is 3.17. The van der Waals surface area contributed by atoms with Crippen molar-refractivity contribution in [3.63, 3.8) is 0 Å². The number of sulfonamides is 1. The summed E-state index contributed by atoms with van der Waals surface area (Å²) in [5, 5.41) is 0. The number of hydrogen-bond acceptors (Lipinski definition) is 6. The lowest BCUT2D eigenvalue weighted by molar-refractivity contribution is -0.140. The summed E-state index contributed by atoms with van der Waals surface area (Å²) in [6, 6.07) is 5.34. The fourth-order valence-corrected chi connectivity index (χ4v) is 4.38. The van der Waals surface area contributed by atoms with Crippen molar-refractivity contribution in [2.75, 3.05) is 27.0 Å². The van der Waals surface area contributed by atoms with Crippen LogP contribution in [0.5, 0.6) is 0 Å². The molecule has 0 N–H and O–H groups in total. The number of rotatable bonds is 6. The van der Waals surface area contributed by atoms with E-state index >= 15 is 0 Å². The Bertz CT molecular complexity index is 724. The number of hydrogen-bond donors (Lipinski definition) is 0. The van der Waals surface area contributed by atoms with Gasteiger partial charge < -0.3 is 4.74 Å². The van der Waals surface area contributed by atoms with Crippen LogP contribution in [-0.2, 0) is 29.4 Å². The van der Waals surface area contributed by atoms with Gasteiger partial charge in [-0.2, -0.15) is 0 Å². The predicted octanol–water partition coefficient (Wildman–Crippen LogP) is 0.274. The molecule has 0 saturated carbocycles. The van der Waals surface area contributed by atoms with E-state index < -0.39 is 25.8 Å². The molecule has 0 aliphatic carbocycles. The van der Waals surface area contributed by atoms with Crippen LogP contribution in [0.15, 0.2) is 34.1 Å². The second-order valence-corrected chi connectivity index (χ2v) is 8.37. The van der Waals surface area contributed by atoms with Gasteiger partial charge in [0.25, 0.3) is 0 Å². The maximum Gasteiger partial charge on any atom is 0.306 e. The van der Waals surface area contributed by atoms with Crippen LogP contribution in [0.2, 0.25) is 0 Å². The molecule has 0 spiro atoms. The zero-order valence-corrected chi connectivity index (χ0v) is 13.6. The molecule has 21 heavy (non-hydrogen) atoms. The minimum atomic E-state index is -4.01. The van der Waals surface area contributed by atoms with Gasteiger partial charge in [-0.15, -0.1) is 0 Å². The summed E-state index contributed by atoms with van der Waals surface area (Å²) >= 11 is 0. The summed E-state index contributed by atoms with van der Waals surface area (Å²) in [5.41, 5.74) is 0. The van der Waals surface area contributed by atoms with Crippen LogP contribution in [-0.4, -0.2) is 54.1 Å². The van der Waals surface area contributed by atoms with Crippen molar-refractivity contribution in [3.8, 4) is 0 Å². The van der Waals surface area contributed by atoms with E-state index in [2.05, 4.69) is 4.74 Å². The van der Waals surface area contributed by atoms with Crippen molar-refractivity contribution in [1.29, 1.82) is 0 Å². The number of carbonyl (C=O) groups excluding carboxylic acids is 1. The third-order valence-electron chi connectivity index (χ3n) is 2.80. The second kappa shape index (κ2) is 6.54. The summed E-state index contributed by atoms with van der Waals surface area (Å²) < 4.78 is 53.5. The highest BCUT2D eigenvalue weighted by molar-refractivity contribution is 7.93. The van der Waals surface area contributed by atoms with E-state index in [1.54, 1.807) is 0 Å². The van der Waals surface area contributed by atoms with E-state index in [1.807, 2.05) is 0 Å². The van der Waals surface area contributed by atoms with Gasteiger partial charge in [-0.1, -0.05) is 12.1 Å². The molecule has 1 aromatic rings. The van der Waals surface area contributed by atoms with Crippen molar-refractivity contribution in [2.45, 2.75) is 16.2 Å². The Morgan fingerprint density at radius 1 is 1.14 bits per heavy atom. The molecule has 0 fully saturated rings. The molecule has 0 radical (unpaired) electrons. The second-order valence-electron chi connectivity index (χ2n) is 4.37. The first-order valence-electron chi connectivity index (χ1n) is 5.93. The molecule has 0 unspecified atom stereocenters. The molecule has 0 atom stereocenters. The molecular formula is C12H17NO6S2. The Hall–Kier alpha value is -1.45. The van der Waals surface area contributed by atoms with Crippen molar-refractivity contribution >= 4 is 25.8 Å². The topological polar surface area (TPSA) is 97.8 Å². The number of benzene rings is 1. The third kappa shape index (κ3) is 4.26. The van der Waals surface area contributed by atoms with Gasteiger partial charge in [-0.25, -0.2) is 21.1 Å². The first kappa shape index (κ1) is 17.6. The maximum absolute atomic E-state index is 12.4. The van der Waals surface area contributed by atoms with Crippen LogP contribution in [0.1, 0.15) is 6.42 Å². The van der Waals surface area contributed by atoms with E-state index in [9.17, 15) is 21.6 Å². The molecule has 0 aliphatic rings.